The van der Waals surface area contributed by atoms with Gasteiger partial charge in [-0.1, -0.05) is 13.8 Å². The summed E-state index contributed by atoms with van der Waals surface area (Å²) in [4.78, 5) is 0. The Hall–Kier alpha value is -0.840. The molecule has 0 bridgehead atoms. The van der Waals surface area contributed by atoms with Crippen molar-refractivity contribution >= 4 is 0 Å². The largest absolute Gasteiger partial charge is 0.468 e. The van der Waals surface area contributed by atoms with E-state index in [2.05, 4.69) is 19.2 Å². The molecule has 1 fully saturated rings. The summed E-state index contributed by atoms with van der Waals surface area (Å²) in [5.41, 5.74) is 1.14. The maximum atomic E-state index is 5.80. The minimum atomic E-state index is 0.247. The first kappa shape index (κ1) is 13.6. The minimum absolute atomic E-state index is 0.247. The molecule has 2 rings (SSSR count). The predicted octanol–water partition coefficient (Wildman–Crippen LogP) is 2.33. The lowest BCUT2D eigenvalue weighted by molar-refractivity contribution is 0.0310. The topological polar surface area (TPSA) is 43.6 Å². The average molecular weight is 253 g/mol. The Balaban J connectivity index is 1.75. The van der Waals surface area contributed by atoms with Crippen molar-refractivity contribution in [2.24, 2.45) is 5.92 Å². The number of hydrogen-bond donors (Lipinski definition) is 1. The molecule has 0 radical (unpaired) electrons. The summed E-state index contributed by atoms with van der Waals surface area (Å²) < 4.78 is 16.6. The molecule has 0 spiro atoms. The van der Waals surface area contributed by atoms with Crippen LogP contribution < -0.4 is 5.32 Å². The molecule has 0 aromatic carbocycles. The first-order valence-corrected chi connectivity index (χ1v) is 6.71. The zero-order chi connectivity index (χ0) is 12.8. The molecule has 4 nitrogen and oxygen atoms in total. The number of hydrogen-bond acceptors (Lipinski definition) is 4. The first-order valence-electron chi connectivity index (χ1n) is 6.71. The van der Waals surface area contributed by atoms with Crippen LogP contribution in [0.25, 0.3) is 0 Å². The van der Waals surface area contributed by atoms with Crippen LogP contribution in [-0.2, 0) is 22.6 Å². The lowest BCUT2D eigenvalue weighted by atomic mass is 10.2. The summed E-state index contributed by atoms with van der Waals surface area (Å²) in [6.07, 6.45) is 2.98. The van der Waals surface area contributed by atoms with Gasteiger partial charge in [0.15, 0.2) is 0 Å². The standard InChI is InChI=1S/C14H23NO3/c1-11(2)7-15-8-14-12(3-6-17-14)9-18-13-4-5-16-10-13/h3,6,11,13,15H,4-5,7-10H2,1-2H3. The molecule has 1 N–H and O–H groups in total. The molecule has 18 heavy (non-hydrogen) atoms. The Morgan fingerprint density at radius 3 is 3.11 bits per heavy atom. The molecule has 1 aliphatic rings. The number of rotatable bonds is 7. The third-order valence-corrected chi connectivity index (χ3v) is 3.04. The van der Waals surface area contributed by atoms with Gasteiger partial charge in [-0.25, -0.2) is 0 Å². The van der Waals surface area contributed by atoms with E-state index in [0.29, 0.717) is 12.5 Å². The van der Waals surface area contributed by atoms with E-state index in [1.54, 1.807) is 6.26 Å². The Labute approximate surface area is 109 Å². The second-order valence-electron chi connectivity index (χ2n) is 5.19. The van der Waals surface area contributed by atoms with Crippen LogP contribution in [0.1, 0.15) is 31.6 Å². The maximum absolute atomic E-state index is 5.80. The molecule has 4 heteroatoms. The van der Waals surface area contributed by atoms with Crippen LogP contribution in [0.15, 0.2) is 16.7 Å². The second-order valence-corrected chi connectivity index (χ2v) is 5.19. The van der Waals surface area contributed by atoms with E-state index in [1.165, 1.54) is 0 Å². The first-order chi connectivity index (χ1) is 8.75. The van der Waals surface area contributed by atoms with Crippen molar-refractivity contribution in [3.05, 3.63) is 23.7 Å². The van der Waals surface area contributed by atoms with Gasteiger partial charge in [-0.05, 0) is 24.9 Å². The van der Waals surface area contributed by atoms with E-state index in [1.807, 2.05) is 6.07 Å². The Morgan fingerprint density at radius 1 is 1.50 bits per heavy atom. The van der Waals surface area contributed by atoms with Gasteiger partial charge in [0, 0.05) is 12.2 Å². The van der Waals surface area contributed by atoms with Crippen LogP contribution in [0.3, 0.4) is 0 Å². The third kappa shape index (κ3) is 4.12. The SMILES string of the molecule is CC(C)CNCc1occc1COC1CCOC1. The summed E-state index contributed by atoms with van der Waals surface area (Å²) >= 11 is 0. The Morgan fingerprint density at radius 2 is 2.39 bits per heavy atom. The molecule has 0 aliphatic carbocycles. The lowest BCUT2D eigenvalue weighted by Crippen LogP contribution is -2.19. The molecule has 2 heterocycles. The molecule has 1 unspecified atom stereocenters. The number of ether oxygens (including phenoxy) is 2. The fourth-order valence-corrected chi connectivity index (χ4v) is 1.98. The predicted molar refractivity (Wildman–Crippen MR) is 69.3 cm³/mol. The maximum Gasteiger partial charge on any atom is 0.123 e. The zero-order valence-electron chi connectivity index (χ0n) is 11.3. The van der Waals surface area contributed by atoms with Crippen molar-refractivity contribution in [3.63, 3.8) is 0 Å². The molecule has 1 saturated heterocycles. The van der Waals surface area contributed by atoms with Crippen molar-refractivity contribution in [1.82, 2.24) is 5.32 Å². The summed E-state index contributed by atoms with van der Waals surface area (Å²) in [6.45, 7) is 8.31. The highest BCUT2D eigenvalue weighted by Crippen LogP contribution is 2.15. The molecular weight excluding hydrogens is 230 g/mol. The van der Waals surface area contributed by atoms with Gasteiger partial charge in [-0.15, -0.1) is 0 Å². The minimum Gasteiger partial charge on any atom is -0.468 e. The average Bonchev–Trinajstić information content (AvgIpc) is 2.96. The molecule has 1 atom stereocenters. The van der Waals surface area contributed by atoms with E-state index >= 15 is 0 Å². The van der Waals surface area contributed by atoms with Gasteiger partial charge in [0.05, 0.1) is 32.1 Å². The van der Waals surface area contributed by atoms with Crippen LogP contribution in [-0.4, -0.2) is 25.9 Å². The van der Waals surface area contributed by atoms with Crippen molar-refractivity contribution in [2.75, 3.05) is 19.8 Å². The van der Waals surface area contributed by atoms with E-state index in [9.17, 15) is 0 Å². The van der Waals surface area contributed by atoms with Crippen LogP contribution in [0.4, 0.5) is 0 Å². The van der Waals surface area contributed by atoms with E-state index in [0.717, 1.165) is 44.0 Å². The van der Waals surface area contributed by atoms with Crippen molar-refractivity contribution < 1.29 is 13.9 Å². The lowest BCUT2D eigenvalue weighted by Gasteiger charge is -2.10. The van der Waals surface area contributed by atoms with E-state index in [-0.39, 0.29) is 6.10 Å². The molecule has 1 aromatic rings. The van der Waals surface area contributed by atoms with Gasteiger partial charge in [-0.2, -0.15) is 0 Å². The second kappa shape index (κ2) is 6.92. The Kier molecular flexibility index (Phi) is 5.23. The van der Waals surface area contributed by atoms with Crippen LogP contribution in [0.5, 0.6) is 0 Å². The van der Waals surface area contributed by atoms with E-state index < -0.39 is 0 Å². The summed E-state index contributed by atoms with van der Waals surface area (Å²) in [5.74, 6) is 1.63. The van der Waals surface area contributed by atoms with Crippen LogP contribution >= 0.6 is 0 Å². The quantitative estimate of drug-likeness (QED) is 0.810. The molecule has 0 amide bonds. The van der Waals surface area contributed by atoms with Crippen LogP contribution in [0.2, 0.25) is 0 Å². The van der Waals surface area contributed by atoms with Gasteiger partial charge in [-0.3, -0.25) is 0 Å². The monoisotopic (exact) mass is 253 g/mol. The highest BCUT2D eigenvalue weighted by molar-refractivity contribution is 5.15. The number of furan rings is 1. The highest BCUT2D eigenvalue weighted by Gasteiger charge is 2.17. The summed E-state index contributed by atoms with van der Waals surface area (Å²) in [6, 6.07) is 1.99. The Bertz CT molecular complexity index is 343. The normalized spacial score (nSPS) is 19.8. The summed E-state index contributed by atoms with van der Waals surface area (Å²) in [5, 5.41) is 3.38. The van der Waals surface area contributed by atoms with Gasteiger partial charge in [0.25, 0.3) is 0 Å². The highest BCUT2D eigenvalue weighted by atomic mass is 16.5. The molecule has 102 valence electrons. The van der Waals surface area contributed by atoms with Gasteiger partial charge >= 0.3 is 0 Å². The molecule has 1 aliphatic heterocycles. The third-order valence-electron chi connectivity index (χ3n) is 3.04. The van der Waals surface area contributed by atoms with Crippen molar-refractivity contribution in [3.8, 4) is 0 Å². The van der Waals surface area contributed by atoms with E-state index in [4.69, 9.17) is 13.9 Å². The fraction of sp³-hybridized carbons (Fsp3) is 0.714. The van der Waals surface area contributed by atoms with Crippen LogP contribution in [0, 0.1) is 5.92 Å². The van der Waals surface area contributed by atoms with Crippen molar-refractivity contribution in [1.29, 1.82) is 0 Å². The van der Waals surface area contributed by atoms with Crippen molar-refractivity contribution in [2.45, 2.75) is 39.5 Å². The fourth-order valence-electron chi connectivity index (χ4n) is 1.98. The van der Waals surface area contributed by atoms with Gasteiger partial charge in [0.2, 0.25) is 0 Å². The summed E-state index contributed by atoms with van der Waals surface area (Å²) in [7, 11) is 0. The smallest absolute Gasteiger partial charge is 0.123 e. The number of nitrogens with one attached hydrogen (secondary N) is 1. The zero-order valence-corrected chi connectivity index (χ0v) is 11.3. The molecule has 1 aromatic heterocycles. The van der Waals surface area contributed by atoms with Gasteiger partial charge < -0.3 is 19.2 Å². The molecule has 0 saturated carbocycles. The van der Waals surface area contributed by atoms with Gasteiger partial charge in [0.1, 0.15) is 5.76 Å². The molecular formula is C14H23NO3.